The van der Waals surface area contributed by atoms with E-state index < -0.39 is 0 Å². The van der Waals surface area contributed by atoms with E-state index in [-0.39, 0.29) is 0 Å². The van der Waals surface area contributed by atoms with Crippen LogP contribution in [0.3, 0.4) is 0 Å². The first-order chi connectivity index (χ1) is 6.24. The Balaban J connectivity index is 2.87. The van der Waals surface area contributed by atoms with E-state index in [1.807, 2.05) is 18.2 Å². The summed E-state index contributed by atoms with van der Waals surface area (Å²) in [6.07, 6.45) is 0. The van der Waals surface area contributed by atoms with Gasteiger partial charge in [-0.1, -0.05) is 23.7 Å². The molecule has 1 aromatic heterocycles. The second kappa shape index (κ2) is 3.77. The van der Waals surface area contributed by atoms with Crippen LogP contribution >= 0.6 is 50.5 Å². The van der Waals surface area contributed by atoms with Gasteiger partial charge < -0.3 is 0 Å². The Kier molecular flexibility index (Phi) is 2.84. The molecule has 0 aliphatic carbocycles. The molecule has 0 bridgehead atoms. The van der Waals surface area contributed by atoms with Crippen molar-refractivity contribution in [1.29, 1.82) is 0 Å². The summed E-state index contributed by atoms with van der Waals surface area (Å²) in [4.78, 5) is 0. The molecule has 2 aromatic rings. The van der Waals surface area contributed by atoms with Crippen LogP contribution in [0.2, 0.25) is 4.34 Å². The largest absolute Gasteiger partial charge is 0.122 e. The van der Waals surface area contributed by atoms with Gasteiger partial charge >= 0.3 is 0 Å². The molecule has 0 N–H and O–H groups in total. The maximum Gasteiger partial charge on any atom is 0.108 e. The molecule has 1 heterocycles. The van der Waals surface area contributed by atoms with Crippen LogP contribution in [0.1, 0.15) is 5.56 Å². The summed E-state index contributed by atoms with van der Waals surface area (Å²) in [6, 6.07) is 6.06. The van der Waals surface area contributed by atoms with E-state index in [4.69, 9.17) is 23.2 Å². The van der Waals surface area contributed by atoms with Gasteiger partial charge in [0.25, 0.3) is 0 Å². The van der Waals surface area contributed by atoms with Gasteiger partial charge in [0.05, 0.1) is 4.47 Å². The van der Waals surface area contributed by atoms with Crippen LogP contribution < -0.4 is 0 Å². The van der Waals surface area contributed by atoms with Crippen LogP contribution in [-0.2, 0) is 5.88 Å². The van der Waals surface area contributed by atoms with Gasteiger partial charge in [-0.3, -0.25) is 0 Å². The number of alkyl halides is 1. The summed E-state index contributed by atoms with van der Waals surface area (Å²) in [5, 5.41) is 1.15. The minimum atomic E-state index is 0.517. The zero-order valence-electron chi connectivity index (χ0n) is 6.48. The average Bonchev–Trinajstić information content (AvgIpc) is 2.43. The van der Waals surface area contributed by atoms with E-state index in [2.05, 4.69) is 15.9 Å². The molecule has 0 aliphatic rings. The molecule has 0 saturated carbocycles. The Labute approximate surface area is 98.6 Å². The van der Waals surface area contributed by atoms with E-state index in [1.165, 1.54) is 4.70 Å². The lowest BCUT2D eigenvalue weighted by atomic mass is 10.1. The van der Waals surface area contributed by atoms with Gasteiger partial charge in [-0.05, 0) is 27.6 Å². The number of benzene rings is 1. The van der Waals surface area contributed by atoms with E-state index in [9.17, 15) is 0 Å². The lowest BCUT2D eigenvalue weighted by molar-refractivity contribution is 1.46. The normalized spacial score (nSPS) is 11.0. The summed E-state index contributed by atoms with van der Waals surface area (Å²) >= 11 is 16.9. The number of rotatable bonds is 1. The van der Waals surface area contributed by atoms with Gasteiger partial charge in [0, 0.05) is 16.0 Å². The van der Waals surface area contributed by atoms with Gasteiger partial charge in [-0.25, -0.2) is 0 Å². The Hall–Kier alpha value is 0.240. The van der Waals surface area contributed by atoms with Gasteiger partial charge in [0.1, 0.15) is 4.34 Å². The van der Waals surface area contributed by atoms with Crippen LogP contribution in [0.25, 0.3) is 10.1 Å². The van der Waals surface area contributed by atoms with Crippen molar-refractivity contribution in [2.75, 3.05) is 0 Å². The number of hydrogen-bond donors (Lipinski definition) is 0. The predicted octanol–water partition coefficient (Wildman–Crippen LogP) is 5.06. The lowest BCUT2D eigenvalue weighted by Gasteiger charge is -1.97. The first-order valence-electron chi connectivity index (χ1n) is 3.65. The third kappa shape index (κ3) is 1.61. The van der Waals surface area contributed by atoms with Crippen LogP contribution in [-0.4, -0.2) is 0 Å². The van der Waals surface area contributed by atoms with Crippen LogP contribution in [0.5, 0.6) is 0 Å². The Bertz CT molecular complexity index is 450. The topological polar surface area (TPSA) is 0 Å². The molecule has 0 spiro atoms. The van der Waals surface area contributed by atoms with Crippen molar-refractivity contribution < 1.29 is 0 Å². The fourth-order valence-electron chi connectivity index (χ4n) is 1.26. The fraction of sp³-hybridized carbons (Fsp3) is 0.111. The van der Waals surface area contributed by atoms with Gasteiger partial charge in [-0.15, -0.1) is 22.9 Å². The highest BCUT2D eigenvalue weighted by molar-refractivity contribution is 9.10. The molecule has 13 heavy (non-hydrogen) atoms. The van der Waals surface area contributed by atoms with Crippen molar-refractivity contribution in [3.8, 4) is 0 Å². The molecule has 0 amide bonds. The van der Waals surface area contributed by atoms with Crippen molar-refractivity contribution in [2.24, 2.45) is 0 Å². The highest BCUT2D eigenvalue weighted by Crippen LogP contribution is 2.40. The van der Waals surface area contributed by atoms with E-state index >= 15 is 0 Å². The molecule has 0 unspecified atom stereocenters. The van der Waals surface area contributed by atoms with Crippen LogP contribution in [0, 0.1) is 0 Å². The maximum absolute atomic E-state index is 6.01. The minimum absolute atomic E-state index is 0.517. The molecule has 0 saturated heterocycles. The van der Waals surface area contributed by atoms with Gasteiger partial charge in [-0.2, -0.15) is 0 Å². The first-order valence-corrected chi connectivity index (χ1v) is 6.17. The summed E-state index contributed by atoms with van der Waals surface area (Å²) in [7, 11) is 0. The minimum Gasteiger partial charge on any atom is -0.122 e. The van der Waals surface area contributed by atoms with Crippen molar-refractivity contribution >= 4 is 60.6 Å². The van der Waals surface area contributed by atoms with Crippen LogP contribution in [0.4, 0.5) is 0 Å². The van der Waals surface area contributed by atoms with E-state index in [0.717, 1.165) is 19.8 Å². The molecule has 0 atom stereocenters. The number of fused-ring (bicyclic) bond motifs is 1. The second-order valence-electron chi connectivity index (χ2n) is 2.61. The standard InChI is InChI=1S/C9H5BrCl2S/c10-8-7-5(4-11)2-1-3-6(7)13-9(8)12/h1-3H,4H2. The molecule has 0 aliphatic heterocycles. The Morgan fingerprint density at radius 2 is 2.15 bits per heavy atom. The zero-order chi connectivity index (χ0) is 9.42. The molecule has 0 fully saturated rings. The van der Waals surface area contributed by atoms with Crippen molar-refractivity contribution in [1.82, 2.24) is 0 Å². The molecule has 0 radical (unpaired) electrons. The van der Waals surface area contributed by atoms with E-state index in [0.29, 0.717) is 5.88 Å². The second-order valence-corrected chi connectivity index (χ2v) is 5.33. The van der Waals surface area contributed by atoms with Gasteiger partial charge in [0.2, 0.25) is 0 Å². The van der Waals surface area contributed by atoms with Crippen molar-refractivity contribution in [3.63, 3.8) is 0 Å². The number of halogens is 3. The third-order valence-corrected chi connectivity index (χ3v) is 4.78. The predicted molar refractivity (Wildman–Crippen MR) is 64.1 cm³/mol. The van der Waals surface area contributed by atoms with Crippen molar-refractivity contribution in [2.45, 2.75) is 5.88 Å². The quantitative estimate of drug-likeness (QED) is 0.645. The Morgan fingerprint density at radius 1 is 1.38 bits per heavy atom. The summed E-state index contributed by atoms with van der Waals surface area (Å²) in [6.45, 7) is 0. The number of thiophene rings is 1. The molecule has 68 valence electrons. The molecular weight excluding hydrogens is 291 g/mol. The number of hydrogen-bond acceptors (Lipinski definition) is 1. The summed E-state index contributed by atoms with van der Waals surface area (Å²) in [5.74, 6) is 0.517. The summed E-state index contributed by atoms with van der Waals surface area (Å²) < 4.78 is 2.92. The average molecular weight is 296 g/mol. The molecule has 1 aromatic carbocycles. The third-order valence-electron chi connectivity index (χ3n) is 1.85. The highest BCUT2D eigenvalue weighted by atomic mass is 79.9. The van der Waals surface area contributed by atoms with Crippen LogP contribution in [0.15, 0.2) is 22.7 Å². The first kappa shape index (κ1) is 9.78. The molecule has 4 heteroatoms. The maximum atomic E-state index is 6.01. The monoisotopic (exact) mass is 294 g/mol. The highest BCUT2D eigenvalue weighted by Gasteiger charge is 2.10. The Morgan fingerprint density at radius 3 is 2.85 bits per heavy atom. The smallest absolute Gasteiger partial charge is 0.108 e. The molecule has 2 rings (SSSR count). The van der Waals surface area contributed by atoms with Gasteiger partial charge in [0.15, 0.2) is 0 Å². The molecular formula is C9H5BrCl2S. The summed E-state index contributed by atoms with van der Waals surface area (Å²) in [5.41, 5.74) is 1.12. The zero-order valence-corrected chi connectivity index (χ0v) is 10.4. The van der Waals surface area contributed by atoms with E-state index in [1.54, 1.807) is 11.3 Å². The fourth-order valence-corrected chi connectivity index (χ4v) is 3.54. The SMILES string of the molecule is ClCc1cccc2sc(Cl)c(Br)c12. The lowest BCUT2D eigenvalue weighted by Crippen LogP contribution is -1.77. The molecule has 0 nitrogen and oxygen atoms in total. The van der Waals surface area contributed by atoms with Crippen molar-refractivity contribution in [3.05, 3.63) is 32.6 Å².